The van der Waals surface area contributed by atoms with Gasteiger partial charge in [0.2, 0.25) is 5.82 Å². The standard InChI is InChI=1S/C20H25FN6O2/c1-3-22-20(24-13-14(2)29-16-8-6-15(21)7-9-16)23-11-10-18-25-19(27-26-18)17-5-4-12-28-17/h4-9,12,14H,3,10-11,13H2,1-2H3,(H2,22,23,24)(H,25,26,27). The minimum Gasteiger partial charge on any atom is -0.489 e. The first kappa shape index (κ1) is 20.4. The number of aliphatic imine (C=N–C) groups is 1. The molecule has 1 unspecified atom stereocenters. The van der Waals surface area contributed by atoms with Crippen molar-refractivity contribution in [2.75, 3.05) is 19.6 Å². The molecule has 0 aliphatic carbocycles. The molecule has 0 spiro atoms. The number of aromatic nitrogens is 3. The number of hydrogen-bond donors (Lipinski definition) is 3. The van der Waals surface area contributed by atoms with Crippen LogP contribution in [-0.2, 0) is 6.42 Å². The van der Waals surface area contributed by atoms with Gasteiger partial charge in [-0.3, -0.25) is 5.10 Å². The Labute approximate surface area is 168 Å². The summed E-state index contributed by atoms with van der Waals surface area (Å²) in [5.74, 6) is 2.94. The van der Waals surface area contributed by atoms with E-state index in [1.807, 2.05) is 19.9 Å². The molecule has 2 aromatic heterocycles. The van der Waals surface area contributed by atoms with E-state index in [1.165, 1.54) is 12.1 Å². The van der Waals surface area contributed by atoms with Gasteiger partial charge in [-0.05, 0) is 50.2 Å². The molecule has 0 aliphatic rings. The van der Waals surface area contributed by atoms with E-state index in [9.17, 15) is 4.39 Å². The Bertz CT molecular complexity index is 892. The van der Waals surface area contributed by atoms with Crippen molar-refractivity contribution in [2.45, 2.75) is 26.4 Å². The topological polar surface area (TPSA) is 100 Å². The quantitative estimate of drug-likeness (QED) is 0.377. The largest absolute Gasteiger partial charge is 0.489 e. The first-order valence-electron chi connectivity index (χ1n) is 9.53. The van der Waals surface area contributed by atoms with E-state index in [0.29, 0.717) is 42.8 Å². The number of hydrogen-bond acceptors (Lipinski definition) is 5. The molecule has 1 atom stereocenters. The summed E-state index contributed by atoms with van der Waals surface area (Å²) in [6, 6.07) is 9.57. The first-order valence-corrected chi connectivity index (χ1v) is 9.53. The molecule has 1 aromatic carbocycles. The van der Waals surface area contributed by atoms with Gasteiger partial charge in [-0.15, -0.1) is 0 Å². The molecule has 3 aromatic rings. The summed E-state index contributed by atoms with van der Waals surface area (Å²) in [6.45, 7) is 5.75. The summed E-state index contributed by atoms with van der Waals surface area (Å²) >= 11 is 0. The number of aromatic amines is 1. The fourth-order valence-corrected chi connectivity index (χ4v) is 2.57. The highest BCUT2D eigenvalue weighted by Gasteiger charge is 2.09. The van der Waals surface area contributed by atoms with Crippen molar-refractivity contribution >= 4 is 5.96 Å². The zero-order valence-corrected chi connectivity index (χ0v) is 16.5. The lowest BCUT2D eigenvalue weighted by Gasteiger charge is -2.15. The maximum Gasteiger partial charge on any atom is 0.216 e. The van der Waals surface area contributed by atoms with Crippen LogP contribution < -0.4 is 15.4 Å². The van der Waals surface area contributed by atoms with Gasteiger partial charge in [0.15, 0.2) is 11.7 Å². The lowest BCUT2D eigenvalue weighted by molar-refractivity contribution is 0.230. The van der Waals surface area contributed by atoms with Crippen LogP contribution in [0.1, 0.15) is 19.7 Å². The summed E-state index contributed by atoms with van der Waals surface area (Å²) in [7, 11) is 0. The number of rotatable bonds is 9. The Morgan fingerprint density at radius 1 is 1.28 bits per heavy atom. The van der Waals surface area contributed by atoms with Gasteiger partial charge in [0.1, 0.15) is 23.5 Å². The van der Waals surface area contributed by atoms with E-state index in [1.54, 1.807) is 24.5 Å². The third kappa shape index (κ3) is 6.34. The number of benzene rings is 1. The predicted octanol–water partition coefficient (Wildman–Crippen LogP) is 2.77. The van der Waals surface area contributed by atoms with Crippen molar-refractivity contribution in [1.29, 1.82) is 0 Å². The molecule has 8 nitrogen and oxygen atoms in total. The molecule has 9 heteroatoms. The van der Waals surface area contributed by atoms with Crippen molar-refractivity contribution in [3.63, 3.8) is 0 Å². The highest BCUT2D eigenvalue weighted by molar-refractivity contribution is 5.79. The molecule has 3 rings (SSSR count). The number of halogens is 1. The predicted molar refractivity (Wildman–Crippen MR) is 108 cm³/mol. The highest BCUT2D eigenvalue weighted by Crippen LogP contribution is 2.14. The molecule has 0 amide bonds. The molecule has 0 fully saturated rings. The Balaban J connectivity index is 1.46. The van der Waals surface area contributed by atoms with Gasteiger partial charge >= 0.3 is 0 Å². The molecular weight excluding hydrogens is 375 g/mol. The van der Waals surface area contributed by atoms with Crippen LogP contribution in [0.2, 0.25) is 0 Å². The van der Waals surface area contributed by atoms with Crippen molar-refractivity contribution in [1.82, 2.24) is 25.8 Å². The second-order valence-electron chi connectivity index (χ2n) is 6.36. The molecule has 3 N–H and O–H groups in total. The Morgan fingerprint density at radius 2 is 2.10 bits per heavy atom. The van der Waals surface area contributed by atoms with Gasteiger partial charge in [-0.1, -0.05) is 0 Å². The Kier molecular flexibility index (Phi) is 7.21. The lowest BCUT2D eigenvalue weighted by atomic mass is 10.3. The second-order valence-corrected chi connectivity index (χ2v) is 6.36. The van der Waals surface area contributed by atoms with E-state index >= 15 is 0 Å². The molecule has 0 radical (unpaired) electrons. The van der Waals surface area contributed by atoms with Gasteiger partial charge in [-0.2, -0.15) is 5.10 Å². The summed E-state index contributed by atoms with van der Waals surface area (Å²) < 4.78 is 24.0. The minimum atomic E-state index is -0.287. The third-order valence-electron chi connectivity index (χ3n) is 3.93. The summed E-state index contributed by atoms with van der Waals surface area (Å²) in [6.07, 6.45) is 2.09. The van der Waals surface area contributed by atoms with Gasteiger partial charge in [0.25, 0.3) is 0 Å². The zero-order chi connectivity index (χ0) is 20.5. The first-order chi connectivity index (χ1) is 14.1. The van der Waals surface area contributed by atoms with E-state index in [2.05, 4.69) is 30.8 Å². The van der Waals surface area contributed by atoms with Crippen molar-refractivity contribution in [3.8, 4) is 17.3 Å². The van der Waals surface area contributed by atoms with Crippen LogP contribution in [0.15, 0.2) is 52.1 Å². The fourth-order valence-electron chi connectivity index (χ4n) is 2.57. The minimum absolute atomic E-state index is 0.152. The molecule has 0 bridgehead atoms. The molecular formula is C20H25FN6O2. The molecule has 29 heavy (non-hydrogen) atoms. The van der Waals surface area contributed by atoms with Crippen LogP contribution in [0, 0.1) is 5.82 Å². The van der Waals surface area contributed by atoms with Crippen LogP contribution >= 0.6 is 0 Å². The fraction of sp³-hybridized carbons (Fsp3) is 0.350. The number of nitrogens with one attached hydrogen (secondary N) is 3. The molecule has 0 saturated heterocycles. The summed E-state index contributed by atoms with van der Waals surface area (Å²) in [4.78, 5) is 8.95. The number of ether oxygens (including phenoxy) is 1. The van der Waals surface area contributed by atoms with Gasteiger partial charge < -0.3 is 19.8 Å². The van der Waals surface area contributed by atoms with E-state index < -0.39 is 0 Å². The van der Waals surface area contributed by atoms with Crippen molar-refractivity contribution in [3.05, 3.63) is 54.3 Å². The monoisotopic (exact) mass is 400 g/mol. The second kappa shape index (κ2) is 10.3. The van der Waals surface area contributed by atoms with Crippen molar-refractivity contribution in [2.24, 2.45) is 4.99 Å². The van der Waals surface area contributed by atoms with E-state index in [-0.39, 0.29) is 11.9 Å². The summed E-state index contributed by atoms with van der Waals surface area (Å²) in [5.41, 5.74) is 0. The average molecular weight is 400 g/mol. The number of guanidine groups is 1. The Morgan fingerprint density at radius 3 is 2.83 bits per heavy atom. The van der Waals surface area contributed by atoms with E-state index in [0.717, 1.165) is 12.4 Å². The van der Waals surface area contributed by atoms with E-state index in [4.69, 9.17) is 9.15 Å². The maximum atomic E-state index is 13.0. The number of H-pyrrole nitrogens is 1. The third-order valence-corrected chi connectivity index (χ3v) is 3.93. The summed E-state index contributed by atoms with van der Waals surface area (Å²) in [5, 5.41) is 13.5. The number of furan rings is 1. The van der Waals surface area contributed by atoms with Crippen LogP contribution in [0.25, 0.3) is 11.6 Å². The maximum absolute atomic E-state index is 13.0. The molecule has 2 heterocycles. The van der Waals surface area contributed by atoms with Crippen LogP contribution in [0.3, 0.4) is 0 Å². The van der Waals surface area contributed by atoms with Crippen LogP contribution in [-0.4, -0.2) is 46.9 Å². The lowest BCUT2D eigenvalue weighted by Crippen LogP contribution is -2.39. The normalized spacial score (nSPS) is 12.6. The van der Waals surface area contributed by atoms with Gasteiger partial charge in [-0.25, -0.2) is 14.4 Å². The average Bonchev–Trinajstić information content (AvgIpc) is 3.39. The van der Waals surface area contributed by atoms with Crippen LogP contribution in [0.4, 0.5) is 4.39 Å². The van der Waals surface area contributed by atoms with Crippen molar-refractivity contribution < 1.29 is 13.5 Å². The SMILES string of the molecule is CCNC(=NCC(C)Oc1ccc(F)cc1)NCCc1nc(-c2ccco2)n[nH]1. The molecule has 0 saturated carbocycles. The van der Waals surface area contributed by atoms with Crippen LogP contribution in [0.5, 0.6) is 5.75 Å². The molecule has 0 aliphatic heterocycles. The molecule has 154 valence electrons. The highest BCUT2D eigenvalue weighted by atomic mass is 19.1. The number of nitrogens with zero attached hydrogens (tertiary/aromatic N) is 3. The Hall–Kier alpha value is -3.36. The zero-order valence-electron chi connectivity index (χ0n) is 16.5. The van der Waals surface area contributed by atoms with Gasteiger partial charge in [0.05, 0.1) is 12.8 Å². The van der Waals surface area contributed by atoms with Gasteiger partial charge in [0, 0.05) is 19.5 Å². The smallest absolute Gasteiger partial charge is 0.216 e.